The first-order valence-electron chi connectivity index (χ1n) is 3.24. The molecule has 1 unspecified atom stereocenters. The van der Waals surface area contributed by atoms with Gasteiger partial charge in [-0.3, -0.25) is 9.35 Å². The minimum atomic E-state index is -5.57. The molecule has 0 radical (unpaired) electrons. The van der Waals surface area contributed by atoms with Gasteiger partial charge < -0.3 is 5.32 Å². The Balaban J connectivity index is 5.66. The average Bonchev–Trinajstić information content (AvgIpc) is 1.97. The number of hydrogen-bond donors (Lipinski definition) is 2. The fraction of sp³-hybridized carbons (Fsp3) is 0.800. The Morgan fingerprint density at radius 1 is 1.36 bits per heavy atom. The van der Waals surface area contributed by atoms with Crippen molar-refractivity contribution >= 4 is 16.0 Å². The van der Waals surface area contributed by atoms with Crippen molar-refractivity contribution in [1.29, 1.82) is 0 Å². The van der Waals surface area contributed by atoms with Gasteiger partial charge in [-0.25, -0.2) is 0 Å². The summed E-state index contributed by atoms with van der Waals surface area (Å²) in [4.78, 5) is 10.8. The Labute approximate surface area is 78.0 Å². The molecule has 0 saturated heterocycles. The zero-order chi connectivity index (χ0) is 11.8. The third-order valence-corrected chi connectivity index (χ3v) is 3.17. The molecule has 0 aliphatic rings. The highest BCUT2D eigenvalue weighted by Gasteiger charge is 2.65. The fourth-order valence-corrected chi connectivity index (χ4v) is 1.26. The van der Waals surface area contributed by atoms with Gasteiger partial charge in [-0.2, -0.15) is 21.6 Å². The average molecular weight is 235 g/mol. The van der Waals surface area contributed by atoms with Gasteiger partial charge in [0.1, 0.15) is 0 Å². The van der Waals surface area contributed by atoms with E-state index in [0.717, 1.165) is 7.05 Å². The molecular formula is C5H8F3NO4S. The SMILES string of the molecule is CNC(=O)C(C)(C(F)(F)F)S(=O)(=O)O. The standard InChI is InChI=1S/C5H8F3NO4S/c1-4(3(10)9-2,5(6,7)8)14(11,12)13/h1-2H3,(H,9,10)(H,11,12,13). The molecule has 0 bridgehead atoms. The monoisotopic (exact) mass is 235 g/mol. The molecule has 2 N–H and O–H groups in total. The van der Waals surface area contributed by atoms with E-state index in [1.807, 2.05) is 0 Å². The number of halogens is 3. The molecule has 0 aromatic carbocycles. The van der Waals surface area contributed by atoms with E-state index in [-0.39, 0.29) is 6.92 Å². The number of alkyl halides is 3. The second-order valence-corrected chi connectivity index (χ2v) is 4.35. The summed E-state index contributed by atoms with van der Waals surface area (Å²) in [6.07, 6.45) is -5.39. The summed E-state index contributed by atoms with van der Waals surface area (Å²) in [7, 11) is -4.74. The van der Waals surface area contributed by atoms with E-state index in [4.69, 9.17) is 4.55 Å². The number of carbonyl (C=O) groups excluding carboxylic acids is 1. The number of carbonyl (C=O) groups is 1. The van der Waals surface area contributed by atoms with Crippen LogP contribution in [0.3, 0.4) is 0 Å². The maximum Gasteiger partial charge on any atom is 0.419 e. The summed E-state index contributed by atoms with van der Waals surface area (Å²) in [5, 5.41) is 1.52. The predicted octanol–water partition coefficient (Wildman–Crippen LogP) is -0.0588. The third kappa shape index (κ3) is 1.82. The molecule has 0 saturated carbocycles. The summed E-state index contributed by atoms with van der Waals surface area (Å²) in [6.45, 7) is 0.0845. The van der Waals surface area contributed by atoms with Crippen molar-refractivity contribution < 1.29 is 30.9 Å². The molecule has 0 aliphatic carbocycles. The Kier molecular flexibility index (Phi) is 3.19. The molecule has 0 aromatic rings. The number of rotatable bonds is 2. The lowest BCUT2D eigenvalue weighted by Gasteiger charge is -2.26. The molecule has 0 aromatic heterocycles. The minimum Gasteiger partial charge on any atom is -0.357 e. The van der Waals surface area contributed by atoms with E-state index in [9.17, 15) is 26.4 Å². The smallest absolute Gasteiger partial charge is 0.357 e. The lowest BCUT2D eigenvalue weighted by Crippen LogP contribution is -2.58. The summed E-state index contributed by atoms with van der Waals surface area (Å²) >= 11 is 0. The topological polar surface area (TPSA) is 83.5 Å². The molecule has 0 spiro atoms. The van der Waals surface area contributed by atoms with Crippen LogP contribution in [0.15, 0.2) is 0 Å². The van der Waals surface area contributed by atoms with Gasteiger partial charge in [0.25, 0.3) is 20.8 Å². The van der Waals surface area contributed by atoms with Crippen molar-refractivity contribution in [2.75, 3.05) is 7.05 Å². The van der Waals surface area contributed by atoms with E-state index in [1.54, 1.807) is 0 Å². The van der Waals surface area contributed by atoms with Crippen LogP contribution in [0.4, 0.5) is 13.2 Å². The van der Waals surface area contributed by atoms with E-state index in [2.05, 4.69) is 0 Å². The highest BCUT2D eigenvalue weighted by molar-refractivity contribution is 7.88. The van der Waals surface area contributed by atoms with Gasteiger partial charge in [-0.15, -0.1) is 0 Å². The van der Waals surface area contributed by atoms with Gasteiger partial charge in [0.05, 0.1) is 0 Å². The maximum absolute atomic E-state index is 12.2. The first-order valence-corrected chi connectivity index (χ1v) is 4.68. The number of hydrogen-bond acceptors (Lipinski definition) is 3. The van der Waals surface area contributed by atoms with Gasteiger partial charge in [-0.05, 0) is 6.92 Å². The van der Waals surface area contributed by atoms with Crippen molar-refractivity contribution in [3.8, 4) is 0 Å². The van der Waals surface area contributed by atoms with Gasteiger partial charge in [0, 0.05) is 7.05 Å². The van der Waals surface area contributed by atoms with Crippen LogP contribution in [0.2, 0.25) is 0 Å². The molecule has 1 amide bonds. The third-order valence-electron chi connectivity index (χ3n) is 1.72. The summed E-state index contributed by atoms with van der Waals surface area (Å²) in [6, 6.07) is 0. The van der Waals surface area contributed by atoms with Crippen molar-refractivity contribution in [2.24, 2.45) is 0 Å². The quantitative estimate of drug-likeness (QED) is 0.657. The van der Waals surface area contributed by atoms with Crippen LogP contribution in [0.1, 0.15) is 6.92 Å². The first-order chi connectivity index (χ1) is 5.98. The van der Waals surface area contributed by atoms with E-state index in [1.165, 1.54) is 5.32 Å². The van der Waals surface area contributed by atoms with Gasteiger partial charge >= 0.3 is 6.18 Å². The van der Waals surface area contributed by atoms with Crippen LogP contribution in [0, 0.1) is 0 Å². The molecule has 5 nitrogen and oxygen atoms in total. The molecule has 1 atom stereocenters. The van der Waals surface area contributed by atoms with Crippen LogP contribution in [0.5, 0.6) is 0 Å². The molecule has 84 valence electrons. The Morgan fingerprint density at radius 3 is 1.79 bits per heavy atom. The first kappa shape index (κ1) is 13.2. The van der Waals surface area contributed by atoms with E-state index in [0.29, 0.717) is 0 Å². The second-order valence-electron chi connectivity index (χ2n) is 2.59. The largest absolute Gasteiger partial charge is 0.419 e. The van der Waals surface area contributed by atoms with Crippen molar-refractivity contribution in [3.63, 3.8) is 0 Å². The highest BCUT2D eigenvalue weighted by atomic mass is 32.2. The zero-order valence-electron chi connectivity index (χ0n) is 7.21. The molecule has 9 heteroatoms. The summed E-state index contributed by atoms with van der Waals surface area (Å²) in [5.41, 5.74) is 0. The second kappa shape index (κ2) is 3.39. The predicted molar refractivity (Wildman–Crippen MR) is 40.1 cm³/mol. The van der Waals surface area contributed by atoms with Crippen molar-refractivity contribution in [2.45, 2.75) is 17.8 Å². The summed E-state index contributed by atoms with van der Waals surface area (Å²) in [5.74, 6) is -1.84. The van der Waals surface area contributed by atoms with Crippen LogP contribution in [-0.4, -0.2) is 36.8 Å². The van der Waals surface area contributed by atoms with E-state index < -0.39 is 26.9 Å². The van der Waals surface area contributed by atoms with Gasteiger partial charge in [0.15, 0.2) is 0 Å². The lowest BCUT2D eigenvalue weighted by molar-refractivity contribution is -0.170. The van der Waals surface area contributed by atoms with Crippen molar-refractivity contribution in [1.82, 2.24) is 5.32 Å². The Morgan fingerprint density at radius 2 is 1.71 bits per heavy atom. The van der Waals surface area contributed by atoms with Crippen LogP contribution in [0.25, 0.3) is 0 Å². The fourth-order valence-electron chi connectivity index (χ4n) is 0.631. The zero-order valence-corrected chi connectivity index (χ0v) is 8.03. The molecule has 0 aliphatic heterocycles. The van der Waals surface area contributed by atoms with E-state index >= 15 is 0 Å². The number of amides is 1. The maximum atomic E-state index is 12.2. The lowest BCUT2D eigenvalue weighted by atomic mass is 10.1. The van der Waals surface area contributed by atoms with Crippen LogP contribution < -0.4 is 5.32 Å². The molecule has 0 fully saturated rings. The molecule has 14 heavy (non-hydrogen) atoms. The van der Waals surface area contributed by atoms with Crippen molar-refractivity contribution in [3.05, 3.63) is 0 Å². The highest BCUT2D eigenvalue weighted by Crippen LogP contribution is 2.36. The number of nitrogens with one attached hydrogen (secondary N) is 1. The Bertz CT molecular complexity index is 335. The summed E-state index contributed by atoms with van der Waals surface area (Å²) < 4.78 is 62.2. The van der Waals surface area contributed by atoms with Gasteiger partial charge in [0.2, 0.25) is 0 Å². The van der Waals surface area contributed by atoms with Gasteiger partial charge in [-0.1, -0.05) is 0 Å². The molecule has 0 rings (SSSR count). The minimum absolute atomic E-state index is 0.0845. The van der Waals surface area contributed by atoms with Crippen LogP contribution >= 0.6 is 0 Å². The molecule has 0 heterocycles. The normalized spacial score (nSPS) is 17.3. The Hall–Kier alpha value is -0.830. The van der Waals surface area contributed by atoms with Crippen LogP contribution in [-0.2, 0) is 14.9 Å². The molecular weight excluding hydrogens is 227 g/mol.